The molecule has 0 aliphatic carbocycles. The van der Waals surface area contributed by atoms with Gasteiger partial charge in [0.2, 0.25) is 0 Å². The molecule has 0 saturated carbocycles. The zero-order chi connectivity index (χ0) is 12.8. The smallest absolute Gasteiger partial charge is 0.130 e. The van der Waals surface area contributed by atoms with Crippen LogP contribution in [0.2, 0.25) is 0 Å². The number of amidine groups is 1. The number of hydrogen-bond donors (Lipinski definition) is 2. The fourth-order valence-corrected chi connectivity index (χ4v) is 1.70. The topological polar surface area (TPSA) is 61.7 Å². The van der Waals surface area contributed by atoms with Crippen molar-refractivity contribution in [1.82, 2.24) is 5.32 Å². The van der Waals surface area contributed by atoms with E-state index in [1.165, 1.54) is 0 Å². The lowest BCUT2D eigenvalue weighted by atomic mass is 10.1. The Labute approximate surface area is 105 Å². The van der Waals surface area contributed by atoms with Crippen LogP contribution in [0.5, 0.6) is 0 Å². The van der Waals surface area contributed by atoms with Gasteiger partial charge in [0, 0.05) is 0 Å². The van der Waals surface area contributed by atoms with Crippen LogP contribution in [-0.2, 0) is 11.3 Å². The van der Waals surface area contributed by atoms with Crippen LogP contribution in [0.3, 0.4) is 0 Å². The van der Waals surface area contributed by atoms with Crippen LogP contribution in [0, 0.1) is 0 Å². The standard InChI is InChI=1S/C14H14N2O2/c17-9-12-6-7-14(16-13(12)10-18)15-8-11-4-2-1-3-5-11/h1-7,13,18H,8,10H2,(H,15,16). The third-order valence-electron chi connectivity index (χ3n) is 2.69. The van der Waals surface area contributed by atoms with E-state index in [1.54, 1.807) is 18.1 Å². The van der Waals surface area contributed by atoms with Gasteiger partial charge in [-0.25, -0.2) is 4.79 Å². The molecule has 4 heteroatoms. The van der Waals surface area contributed by atoms with Gasteiger partial charge >= 0.3 is 0 Å². The first kappa shape index (κ1) is 12.3. The Balaban J connectivity index is 2.09. The quantitative estimate of drug-likeness (QED) is 0.773. The fourth-order valence-electron chi connectivity index (χ4n) is 1.70. The molecule has 0 saturated heterocycles. The van der Waals surface area contributed by atoms with E-state index in [0.29, 0.717) is 18.0 Å². The SMILES string of the molecule is O=C=C1C=CC(=NCc2ccccc2)NC1CO. The monoisotopic (exact) mass is 242 g/mol. The average Bonchev–Trinajstić information content (AvgIpc) is 2.45. The predicted octanol–water partition coefficient (Wildman–Crippen LogP) is 0.863. The molecule has 0 fully saturated rings. The van der Waals surface area contributed by atoms with Crippen molar-refractivity contribution >= 4 is 11.8 Å². The second-order valence-electron chi connectivity index (χ2n) is 3.96. The maximum Gasteiger partial charge on any atom is 0.130 e. The Morgan fingerprint density at radius 3 is 2.72 bits per heavy atom. The molecule has 2 rings (SSSR count). The molecule has 1 atom stereocenters. The molecule has 1 unspecified atom stereocenters. The van der Waals surface area contributed by atoms with Gasteiger partial charge in [0.05, 0.1) is 24.8 Å². The lowest BCUT2D eigenvalue weighted by Crippen LogP contribution is -2.40. The summed E-state index contributed by atoms with van der Waals surface area (Å²) in [5.41, 5.74) is 1.52. The summed E-state index contributed by atoms with van der Waals surface area (Å²) in [6.07, 6.45) is 3.35. The summed E-state index contributed by atoms with van der Waals surface area (Å²) in [6, 6.07) is 9.46. The second kappa shape index (κ2) is 5.96. The maximum absolute atomic E-state index is 10.6. The molecule has 1 aromatic rings. The lowest BCUT2D eigenvalue weighted by Gasteiger charge is -2.20. The summed E-state index contributed by atoms with van der Waals surface area (Å²) in [4.78, 5) is 15.0. The second-order valence-corrected chi connectivity index (χ2v) is 3.96. The largest absolute Gasteiger partial charge is 0.394 e. The number of nitrogens with zero attached hydrogens (tertiary/aromatic N) is 1. The number of aliphatic imine (C=N–C) groups is 1. The number of aliphatic hydroxyl groups excluding tert-OH is 1. The van der Waals surface area contributed by atoms with Crippen LogP contribution in [-0.4, -0.2) is 29.5 Å². The van der Waals surface area contributed by atoms with E-state index in [9.17, 15) is 4.79 Å². The van der Waals surface area contributed by atoms with Crippen molar-refractivity contribution in [3.63, 3.8) is 0 Å². The maximum atomic E-state index is 10.6. The van der Waals surface area contributed by atoms with Gasteiger partial charge in [-0.15, -0.1) is 0 Å². The molecule has 92 valence electrons. The van der Waals surface area contributed by atoms with Gasteiger partial charge in [0.1, 0.15) is 11.8 Å². The molecule has 1 aliphatic rings. The van der Waals surface area contributed by atoms with Crippen LogP contribution in [0.4, 0.5) is 0 Å². The highest BCUT2D eigenvalue weighted by Gasteiger charge is 2.17. The van der Waals surface area contributed by atoms with Gasteiger partial charge in [0.15, 0.2) is 0 Å². The number of aliphatic hydroxyl groups is 1. The van der Waals surface area contributed by atoms with Crippen LogP contribution in [0.15, 0.2) is 53.0 Å². The molecule has 18 heavy (non-hydrogen) atoms. The van der Waals surface area contributed by atoms with Crippen molar-refractivity contribution < 1.29 is 9.90 Å². The molecule has 4 nitrogen and oxygen atoms in total. The van der Waals surface area contributed by atoms with Crippen LogP contribution in [0.25, 0.3) is 0 Å². The molecular formula is C14H14N2O2. The molecular weight excluding hydrogens is 228 g/mol. The van der Waals surface area contributed by atoms with E-state index < -0.39 is 6.04 Å². The molecule has 0 radical (unpaired) electrons. The minimum Gasteiger partial charge on any atom is -0.394 e. The zero-order valence-electron chi connectivity index (χ0n) is 9.84. The summed E-state index contributed by atoms with van der Waals surface area (Å²) in [5, 5.41) is 12.1. The van der Waals surface area contributed by atoms with E-state index in [-0.39, 0.29) is 6.61 Å². The van der Waals surface area contributed by atoms with Gasteiger partial charge in [-0.2, -0.15) is 0 Å². The first-order valence-corrected chi connectivity index (χ1v) is 5.72. The summed E-state index contributed by atoms with van der Waals surface area (Å²) >= 11 is 0. The van der Waals surface area contributed by atoms with E-state index in [0.717, 1.165) is 5.56 Å². The van der Waals surface area contributed by atoms with E-state index in [1.807, 2.05) is 30.3 Å². The molecule has 0 amide bonds. The molecule has 0 spiro atoms. The summed E-state index contributed by atoms with van der Waals surface area (Å²) in [5.74, 6) is 2.47. The number of benzene rings is 1. The lowest BCUT2D eigenvalue weighted by molar-refractivity contribution is 0.272. The minimum atomic E-state index is -0.415. The van der Waals surface area contributed by atoms with E-state index >= 15 is 0 Å². The van der Waals surface area contributed by atoms with Gasteiger partial charge < -0.3 is 10.4 Å². The van der Waals surface area contributed by atoms with Gasteiger partial charge in [0.25, 0.3) is 0 Å². The zero-order valence-corrected chi connectivity index (χ0v) is 9.84. The third-order valence-corrected chi connectivity index (χ3v) is 2.69. The van der Waals surface area contributed by atoms with Crippen molar-refractivity contribution in [2.45, 2.75) is 12.6 Å². The Bertz CT molecular complexity index is 514. The van der Waals surface area contributed by atoms with Crippen molar-refractivity contribution in [2.24, 2.45) is 4.99 Å². The predicted molar refractivity (Wildman–Crippen MR) is 69.9 cm³/mol. The first-order valence-electron chi connectivity index (χ1n) is 5.72. The molecule has 0 bridgehead atoms. The molecule has 1 aliphatic heterocycles. The normalized spacial score (nSPS) is 20.6. The van der Waals surface area contributed by atoms with Crippen molar-refractivity contribution in [3.05, 3.63) is 53.6 Å². The highest BCUT2D eigenvalue weighted by Crippen LogP contribution is 2.07. The van der Waals surface area contributed by atoms with Crippen molar-refractivity contribution in [2.75, 3.05) is 6.61 Å². The van der Waals surface area contributed by atoms with E-state index in [2.05, 4.69) is 10.3 Å². The summed E-state index contributed by atoms with van der Waals surface area (Å²) in [6.45, 7) is 0.408. The summed E-state index contributed by atoms with van der Waals surface area (Å²) < 4.78 is 0. The number of carbonyl (C=O) groups excluding carboxylic acids is 1. The molecule has 1 heterocycles. The van der Waals surface area contributed by atoms with Crippen molar-refractivity contribution in [1.29, 1.82) is 0 Å². The van der Waals surface area contributed by atoms with Gasteiger partial charge in [-0.3, -0.25) is 4.99 Å². The average molecular weight is 242 g/mol. The molecule has 2 N–H and O–H groups in total. The summed E-state index contributed by atoms with van der Waals surface area (Å²) in [7, 11) is 0. The Kier molecular flexibility index (Phi) is 4.07. The Hall–Kier alpha value is -2.16. The minimum absolute atomic E-state index is 0.154. The molecule has 0 aromatic heterocycles. The van der Waals surface area contributed by atoms with Crippen LogP contribution < -0.4 is 5.32 Å². The van der Waals surface area contributed by atoms with Gasteiger partial charge in [-0.05, 0) is 17.7 Å². The first-order chi connectivity index (χ1) is 8.83. The van der Waals surface area contributed by atoms with Gasteiger partial charge in [-0.1, -0.05) is 30.3 Å². The molecule has 1 aromatic carbocycles. The number of rotatable bonds is 3. The number of nitrogens with one attached hydrogen (secondary N) is 1. The van der Waals surface area contributed by atoms with E-state index in [4.69, 9.17) is 5.11 Å². The van der Waals surface area contributed by atoms with Crippen LogP contribution in [0.1, 0.15) is 5.56 Å². The fraction of sp³-hybridized carbons (Fsp3) is 0.214. The highest BCUT2D eigenvalue weighted by molar-refractivity contribution is 5.96. The third kappa shape index (κ3) is 2.94. The number of hydrogen-bond acceptors (Lipinski definition) is 3. The Morgan fingerprint density at radius 1 is 1.28 bits per heavy atom. The highest BCUT2D eigenvalue weighted by atomic mass is 16.3. The Morgan fingerprint density at radius 2 is 2.06 bits per heavy atom. The van der Waals surface area contributed by atoms with Crippen LogP contribution >= 0.6 is 0 Å². The van der Waals surface area contributed by atoms with Crippen molar-refractivity contribution in [3.8, 4) is 0 Å².